The number of hydrazone groups is 1. The van der Waals surface area contributed by atoms with Crippen molar-refractivity contribution in [3.63, 3.8) is 0 Å². The zero-order valence-electron chi connectivity index (χ0n) is 24.3. The molecule has 5 rings (SSSR count). The zero-order valence-corrected chi connectivity index (χ0v) is 24.3. The molecule has 0 unspecified atom stereocenters. The maximum absolute atomic E-state index is 12.5. The molecule has 3 heterocycles. The van der Waals surface area contributed by atoms with Gasteiger partial charge in [-0.1, -0.05) is 25.5 Å². The highest BCUT2D eigenvalue weighted by molar-refractivity contribution is 5.92. The van der Waals surface area contributed by atoms with Gasteiger partial charge in [-0.25, -0.2) is 10.2 Å². The molecule has 0 radical (unpaired) electrons. The number of aromatic nitrogens is 1. The number of rotatable bonds is 12. The Morgan fingerprint density at radius 3 is 2.35 bits per heavy atom. The number of nitrogens with one attached hydrogen (secondary N) is 1. The molecule has 0 aliphatic rings. The summed E-state index contributed by atoms with van der Waals surface area (Å²) in [7, 11) is 0. The number of ether oxygens (including phenoxy) is 2. The summed E-state index contributed by atoms with van der Waals surface area (Å²) in [4.78, 5) is 24.6. The molecular weight excluding hydrogens is 546 g/mol. The van der Waals surface area contributed by atoms with Crippen LogP contribution in [-0.4, -0.2) is 29.3 Å². The number of nitrogens with zero attached hydrogens (tertiary/aromatic N) is 2. The van der Waals surface area contributed by atoms with Crippen molar-refractivity contribution in [1.82, 2.24) is 9.99 Å². The van der Waals surface area contributed by atoms with Crippen LogP contribution in [0.15, 0.2) is 98.9 Å². The van der Waals surface area contributed by atoms with Crippen LogP contribution >= 0.6 is 0 Å². The smallest absolute Gasteiger partial charge is 0.338 e. The predicted octanol–water partition coefficient (Wildman–Crippen LogP) is 7.25. The first-order chi connectivity index (χ1) is 20.9. The third-order valence-corrected chi connectivity index (χ3v) is 6.75. The third-order valence-electron chi connectivity index (χ3n) is 6.75. The number of carbonyl (C=O) groups is 2. The van der Waals surface area contributed by atoms with E-state index in [4.69, 9.17) is 18.3 Å². The van der Waals surface area contributed by atoms with Gasteiger partial charge in [-0.15, -0.1) is 0 Å². The minimum absolute atomic E-state index is 0.109. The highest BCUT2D eigenvalue weighted by atomic mass is 16.5. The van der Waals surface area contributed by atoms with Gasteiger partial charge in [0.1, 0.15) is 29.6 Å². The SMILES string of the molecule is CCCCOC(=O)c1ccc(-c2ccc(/C=N/NC(=O)c3ccc(COc4ccc(-n5c(C)ccc5C)cc4)o3)o2)cc1. The minimum Gasteiger partial charge on any atom is -0.486 e. The number of furan rings is 2. The summed E-state index contributed by atoms with van der Waals surface area (Å²) >= 11 is 0. The Bertz CT molecular complexity index is 1690. The molecule has 0 saturated heterocycles. The summed E-state index contributed by atoms with van der Waals surface area (Å²) in [6.07, 6.45) is 3.20. The lowest BCUT2D eigenvalue weighted by molar-refractivity contribution is 0.0499. The lowest BCUT2D eigenvalue weighted by Crippen LogP contribution is -2.16. The van der Waals surface area contributed by atoms with Gasteiger partial charge in [-0.3, -0.25) is 4.79 Å². The monoisotopic (exact) mass is 579 g/mol. The molecule has 220 valence electrons. The van der Waals surface area contributed by atoms with E-state index in [1.807, 2.05) is 31.2 Å². The lowest BCUT2D eigenvalue weighted by Gasteiger charge is -2.10. The number of hydrogen-bond acceptors (Lipinski definition) is 7. The first kappa shape index (κ1) is 29.2. The predicted molar refractivity (Wildman–Crippen MR) is 163 cm³/mol. The summed E-state index contributed by atoms with van der Waals surface area (Å²) < 4.78 is 24.7. The molecule has 1 N–H and O–H groups in total. The van der Waals surface area contributed by atoms with Crippen LogP contribution in [0.4, 0.5) is 0 Å². The van der Waals surface area contributed by atoms with Crippen molar-refractivity contribution in [2.24, 2.45) is 5.10 Å². The number of benzene rings is 2. The first-order valence-corrected chi connectivity index (χ1v) is 14.1. The molecule has 0 aliphatic heterocycles. The summed E-state index contributed by atoms with van der Waals surface area (Å²) in [5.74, 6) is 1.50. The third kappa shape index (κ3) is 7.32. The van der Waals surface area contributed by atoms with Crippen molar-refractivity contribution >= 4 is 18.1 Å². The van der Waals surface area contributed by atoms with E-state index < -0.39 is 5.91 Å². The molecule has 1 amide bonds. The molecule has 2 aromatic carbocycles. The fraction of sp³-hybridized carbons (Fsp3) is 0.206. The van der Waals surface area contributed by atoms with E-state index in [0.29, 0.717) is 35.2 Å². The molecule has 43 heavy (non-hydrogen) atoms. The van der Waals surface area contributed by atoms with Gasteiger partial charge < -0.3 is 22.9 Å². The zero-order chi connectivity index (χ0) is 30.2. The van der Waals surface area contributed by atoms with Crippen LogP contribution in [0.1, 0.15) is 63.6 Å². The Kier molecular flexibility index (Phi) is 9.21. The fourth-order valence-electron chi connectivity index (χ4n) is 4.45. The Balaban J connectivity index is 1.10. The van der Waals surface area contributed by atoms with Gasteiger partial charge in [-0.05, 0) is 93.1 Å². The van der Waals surface area contributed by atoms with Gasteiger partial charge in [0, 0.05) is 22.6 Å². The molecule has 0 spiro atoms. The minimum atomic E-state index is -0.502. The second-order valence-electron chi connectivity index (χ2n) is 9.97. The maximum Gasteiger partial charge on any atom is 0.338 e. The Morgan fingerprint density at radius 2 is 1.63 bits per heavy atom. The van der Waals surface area contributed by atoms with Gasteiger partial charge in [0.15, 0.2) is 5.76 Å². The van der Waals surface area contributed by atoms with Gasteiger partial charge in [0.2, 0.25) is 0 Å². The van der Waals surface area contributed by atoms with E-state index in [-0.39, 0.29) is 18.3 Å². The van der Waals surface area contributed by atoms with Crippen molar-refractivity contribution in [3.8, 4) is 22.8 Å². The van der Waals surface area contributed by atoms with Crippen molar-refractivity contribution in [2.45, 2.75) is 40.2 Å². The van der Waals surface area contributed by atoms with E-state index in [2.05, 4.69) is 41.1 Å². The van der Waals surface area contributed by atoms with E-state index in [9.17, 15) is 9.59 Å². The Hall–Kier alpha value is -5.31. The molecule has 0 saturated carbocycles. The van der Waals surface area contributed by atoms with Gasteiger partial charge in [0.05, 0.1) is 18.4 Å². The number of carbonyl (C=O) groups excluding carboxylic acids is 2. The number of unbranched alkanes of at least 4 members (excludes halogenated alkanes) is 1. The average Bonchev–Trinajstić information content (AvgIpc) is 3.77. The maximum atomic E-state index is 12.5. The van der Waals surface area contributed by atoms with Crippen molar-refractivity contribution in [1.29, 1.82) is 0 Å². The van der Waals surface area contributed by atoms with Crippen LogP contribution in [0.2, 0.25) is 0 Å². The Morgan fingerprint density at radius 1 is 0.884 bits per heavy atom. The quantitative estimate of drug-likeness (QED) is 0.0722. The van der Waals surface area contributed by atoms with Crippen molar-refractivity contribution in [3.05, 3.63) is 119 Å². The molecule has 0 bridgehead atoms. The van der Waals surface area contributed by atoms with Crippen LogP contribution in [0.5, 0.6) is 5.75 Å². The molecule has 9 heteroatoms. The van der Waals surface area contributed by atoms with Gasteiger partial charge in [-0.2, -0.15) is 5.10 Å². The van der Waals surface area contributed by atoms with Crippen molar-refractivity contribution < 1.29 is 27.9 Å². The normalized spacial score (nSPS) is 11.1. The van der Waals surface area contributed by atoms with Crippen LogP contribution in [-0.2, 0) is 11.3 Å². The lowest BCUT2D eigenvalue weighted by atomic mass is 10.1. The summed E-state index contributed by atoms with van der Waals surface area (Å²) in [5, 5.41) is 3.97. The van der Waals surface area contributed by atoms with Gasteiger partial charge in [0.25, 0.3) is 0 Å². The molecule has 0 atom stereocenters. The molecule has 5 aromatic rings. The average molecular weight is 580 g/mol. The van der Waals surface area contributed by atoms with E-state index >= 15 is 0 Å². The van der Waals surface area contributed by atoms with Crippen LogP contribution < -0.4 is 10.2 Å². The molecule has 0 fully saturated rings. The number of aryl methyl sites for hydroxylation is 2. The number of esters is 1. The highest BCUT2D eigenvalue weighted by Gasteiger charge is 2.12. The summed E-state index contributed by atoms with van der Waals surface area (Å²) in [6.45, 7) is 6.76. The summed E-state index contributed by atoms with van der Waals surface area (Å²) in [6, 6.07) is 25.7. The van der Waals surface area contributed by atoms with Crippen LogP contribution in [0, 0.1) is 13.8 Å². The van der Waals surface area contributed by atoms with E-state index in [1.165, 1.54) is 6.21 Å². The van der Waals surface area contributed by atoms with E-state index in [0.717, 1.165) is 35.5 Å². The molecule has 3 aromatic heterocycles. The molecule has 0 aliphatic carbocycles. The topological polar surface area (TPSA) is 108 Å². The Labute approximate surface area is 249 Å². The van der Waals surface area contributed by atoms with Gasteiger partial charge >= 0.3 is 11.9 Å². The van der Waals surface area contributed by atoms with Crippen LogP contribution in [0.3, 0.4) is 0 Å². The number of amides is 1. The largest absolute Gasteiger partial charge is 0.486 e. The fourth-order valence-corrected chi connectivity index (χ4v) is 4.45. The molecular formula is C34H33N3O6. The summed E-state index contributed by atoms with van der Waals surface area (Å²) in [5.41, 5.74) is 7.10. The highest BCUT2D eigenvalue weighted by Crippen LogP contribution is 2.23. The standard InChI is InChI=1S/C34H33N3O6/c1-4-5-20-40-34(39)26-10-8-25(9-11-26)31-18-16-29(42-31)21-35-36-33(38)32-19-17-30(43-32)22-41-28-14-12-27(13-15-28)37-23(2)6-7-24(37)3/h6-19,21H,4-5,20,22H2,1-3H3,(H,36,38)/b35-21+. The van der Waals surface area contributed by atoms with Crippen LogP contribution in [0.25, 0.3) is 17.0 Å². The second kappa shape index (κ2) is 13.6. The molecule has 9 nitrogen and oxygen atoms in total. The first-order valence-electron chi connectivity index (χ1n) is 14.1. The number of hydrogen-bond donors (Lipinski definition) is 1. The van der Waals surface area contributed by atoms with E-state index in [1.54, 1.807) is 48.5 Å². The second-order valence-corrected chi connectivity index (χ2v) is 9.97. The van der Waals surface area contributed by atoms with Crippen molar-refractivity contribution in [2.75, 3.05) is 6.61 Å².